The third-order valence-corrected chi connectivity index (χ3v) is 5.83. The molecular weight excluding hydrogens is 390 g/mol. The smallest absolute Gasteiger partial charge is 0.226 e. The number of aromatic nitrogens is 2. The van der Waals surface area contributed by atoms with Crippen LogP contribution >= 0.6 is 0 Å². The van der Waals surface area contributed by atoms with Gasteiger partial charge in [0.1, 0.15) is 11.6 Å². The standard InChI is InChI=1S/C25H27N3O3/c1-5-13-31-19-11-9-18(10-12-19)24(30)20-14-22(29)26-25-23(20)17(4)27-28(25)21-8-6-7-15(2)16(21)3/h6-12,20H,5,13-14H2,1-4H3,(H,26,29). The fraction of sp³-hybridized carbons (Fsp3) is 0.320. The van der Waals surface area contributed by atoms with Crippen LogP contribution in [0.1, 0.15) is 58.4 Å². The molecule has 3 aromatic rings. The van der Waals surface area contributed by atoms with E-state index in [0.29, 0.717) is 18.0 Å². The fourth-order valence-electron chi connectivity index (χ4n) is 4.05. The van der Waals surface area contributed by atoms with Crippen molar-refractivity contribution >= 4 is 17.5 Å². The van der Waals surface area contributed by atoms with Crippen LogP contribution in [-0.2, 0) is 4.79 Å². The van der Waals surface area contributed by atoms with Gasteiger partial charge in [0.05, 0.1) is 23.9 Å². The first-order valence-corrected chi connectivity index (χ1v) is 10.6. The zero-order valence-corrected chi connectivity index (χ0v) is 18.4. The number of carbonyl (C=O) groups is 2. The minimum atomic E-state index is -0.565. The van der Waals surface area contributed by atoms with Gasteiger partial charge in [0.15, 0.2) is 5.78 Å². The van der Waals surface area contributed by atoms with E-state index in [2.05, 4.69) is 5.32 Å². The molecule has 1 aromatic heterocycles. The molecule has 0 radical (unpaired) electrons. The number of fused-ring (bicyclic) bond motifs is 1. The number of benzene rings is 2. The van der Waals surface area contributed by atoms with Crippen LogP contribution in [0, 0.1) is 20.8 Å². The van der Waals surface area contributed by atoms with E-state index in [-0.39, 0.29) is 18.1 Å². The quantitative estimate of drug-likeness (QED) is 0.579. The van der Waals surface area contributed by atoms with E-state index in [9.17, 15) is 9.59 Å². The van der Waals surface area contributed by atoms with E-state index in [1.54, 1.807) is 28.9 Å². The molecule has 1 unspecified atom stereocenters. The van der Waals surface area contributed by atoms with Gasteiger partial charge in [-0.15, -0.1) is 0 Å². The third kappa shape index (κ3) is 3.85. The summed E-state index contributed by atoms with van der Waals surface area (Å²) in [6.07, 6.45) is 1.03. The Hall–Kier alpha value is -3.41. The van der Waals surface area contributed by atoms with Gasteiger partial charge in [-0.2, -0.15) is 5.10 Å². The molecule has 0 bridgehead atoms. The molecule has 6 nitrogen and oxygen atoms in total. The lowest BCUT2D eigenvalue weighted by Gasteiger charge is -2.23. The van der Waals surface area contributed by atoms with Crippen LogP contribution in [0.15, 0.2) is 42.5 Å². The van der Waals surface area contributed by atoms with Crippen molar-refractivity contribution < 1.29 is 14.3 Å². The van der Waals surface area contributed by atoms with E-state index < -0.39 is 5.92 Å². The first-order valence-electron chi connectivity index (χ1n) is 10.6. The number of ketones is 1. The SMILES string of the molecule is CCCOc1ccc(C(=O)C2CC(=O)Nc3c2c(C)nn3-c2cccc(C)c2C)cc1. The number of Topliss-reactive ketones (excluding diaryl/α,β-unsaturated/α-hetero) is 1. The summed E-state index contributed by atoms with van der Waals surface area (Å²) >= 11 is 0. The molecule has 1 amide bonds. The lowest BCUT2D eigenvalue weighted by molar-refractivity contribution is -0.116. The molecule has 1 aliphatic heterocycles. The second-order valence-corrected chi connectivity index (χ2v) is 8.02. The predicted octanol–water partition coefficient (Wildman–Crippen LogP) is 4.90. The molecule has 0 fully saturated rings. The first-order chi connectivity index (χ1) is 14.9. The van der Waals surface area contributed by atoms with E-state index in [1.165, 1.54) is 0 Å². The zero-order chi connectivity index (χ0) is 22.1. The van der Waals surface area contributed by atoms with E-state index >= 15 is 0 Å². The minimum Gasteiger partial charge on any atom is -0.494 e. The Bertz CT molecular complexity index is 1150. The highest BCUT2D eigenvalue weighted by molar-refractivity contribution is 6.08. The summed E-state index contributed by atoms with van der Waals surface area (Å²) in [6.45, 7) is 8.64. The molecule has 0 spiro atoms. The molecule has 2 aromatic carbocycles. The Balaban J connectivity index is 1.73. The van der Waals surface area contributed by atoms with Gasteiger partial charge in [-0.25, -0.2) is 4.68 Å². The van der Waals surface area contributed by atoms with Gasteiger partial charge in [-0.05, 0) is 68.7 Å². The van der Waals surface area contributed by atoms with Gasteiger partial charge in [0.2, 0.25) is 5.91 Å². The zero-order valence-electron chi connectivity index (χ0n) is 18.4. The molecule has 6 heteroatoms. The highest BCUT2D eigenvalue weighted by Gasteiger charge is 2.36. The maximum Gasteiger partial charge on any atom is 0.226 e. The number of hydrogen-bond donors (Lipinski definition) is 1. The van der Waals surface area contributed by atoms with Crippen LogP contribution < -0.4 is 10.1 Å². The topological polar surface area (TPSA) is 73.2 Å². The van der Waals surface area contributed by atoms with Crippen molar-refractivity contribution in [3.8, 4) is 11.4 Å². The molecule has 0 saturated heterocycles. The molecule has 160 valence electrons. The molecule has 4 rings (SSSR count). The van der Waals surface area contributed by atoms with Crippen molar-refractivity contribution in [1.82, 2.24) is 9.78 Å². The van der Waals surface area contributed by atoms with Crippen LogP contribution in [0.5, 0.6) is 5.75 Å². The molecule has 0 aliphatic carbocycles. The molecule has 31 heavy (non-hydrogen) atoms. The molecular formula is C25H27N3O3. The van der Waals surface area contributed by atoms with Gasteiger partial charge in [0.25, 0.3) is 0 Å². The summed E-state index contributed by atoms with van der Waals surface area (Å²) in [6, 6.07) is 13.1. The van der Waals surface area contributed by atoms with Crippen LogP contribution in [0.2, 0.25) is 0 Å². The van der Waals surface area contributed by atoms with Crippen molar-refractivity contribution in [2.24, 2.45) is 0 Å². The van der Waals surface area contributed by atoms with Gasteiger partial charge in [0, 0.05) is 17.5 Å². The number of nitrogens with zero attached hydrogens (tertiary/aromatic N) is 2. The Morgan fingerprint density at radius 1 is 1.16 bits per heavy atom. The average molecular weight is 418 g/mol. The molecule has 2 heterocycles. The molecule has 1 aliphatic rings. The summed E-state index contributed by atoms with van der Waals surface area (Å²) in [7, 11) is 0. The predicted molar refractivity (Wildman–Crippen MR) is 120 cm³/mol. The number of nitrogens with one attached hydrogen (secondary N) is 1. The Kier molecular flexibility index (Phi) is 5.63. The van der Waals surface area contributed by atoms with Gasteiger partial charge in [-0.1, -0.05) is 19.1 Å². The van der Waals surface area contributed by atoms with E-state index in [4.69, 9.17) is 9.84 Å². The average Bonchev–Trinajstić information content (AvgIpc) is 3.09. The van der Waals surface area contributed by atoms with Crippen molar-refractivity contribution in [2.45, 2.75) is 46.5 Å². The Morgan fingerprint density at radius 3 is 2.61 bits per heavy atom. The van der Waals surface area contributed by atoms with Gasteiger partial charge < -0.3 is 10.1 Å². The number of carbonyl (C=O) groups excluding carboxylic acids is 2. The monoisotopic (exact) mass is 417 g/mol. The molecule has 1 atom stereocenters. The van der Waals surface area contributed by atoms with E-state index in [1.807, 2.05) is 45.9 Å². The lowest BCUT2D eigenvalue weighted by Crippen LogP contribution is -2.28. The largest absolute Gasteiger partial charge is 0.494 e. The maximum absolute atomic E-state index is 13.4. The van der Waals surface area contributed by atoms with Crippen LogP contribution in [0.4, 0.5) is 5.82 Å². The number of rotatable bonds is 6. The van der Waals surface area contributed by atoms with Gasteiger partial charge >= 0.3 is 0 Å². The number of anilines is 1. The van der Waals surface area contributed by atoms with Crippen molar-refractivity contribution in [2.75, 3.05) is 11.9 Å². The summed E-state index contributed by atoms with van der Waals surface area (Å²) < 4.78 is 7.37. The van der Waals surface area contributed by atoms with Crippen molar-refractivity contribution in [3.05, 3.63) is 70.4 Å². The third-order valence-electron chi connectivity index (χ3n) is 5.83. The number of hydrogen-bond acceptors (Lipinski definition) is 4. The number of amides is 1. The van der Waals surface area contributed by atoms with Crippen molar-refractivity contribution in [1.29, 1.82) is 0 Å². The summed E-state index contributed by atoms with van der Waals surface area (Å²) in [5.74, 6) is 0.495. The van der Waals surface area contributed by atoms with Crippen LogP contribution in [-0.4, -0.2) is 28.1 Å². The van der Waals surface area contributed by atoms with Crippen molar-refractivity contribution in [3.63, 3.8) is 0 Å². The second-order valence-electron chi connectivity index (χ2n) is 8.02. The second kappa shape index (κ2) is 8.38. The van der Waals surface area contributed by atoms with Crippen LogP contribution in [0.3, 0.4) is 0 Å². The lowest BCUT2D eigenvalue weighted by atomic mass is 9.85. The van der Waals surface area contributed by atoms with Crippen LogP contribution in [0.25, 0.3) is 5.69 Å². The maximum atomic E-state index is 13.4. The molecule has 1 N–H and O–H groups in total. The fourth-order valence-corrected chi connectivity index (χ4v) is 4.05. The summed E-state index contributed by atoms with van der Waals surface area (Å²) in [5.41, 5.74) is 5.22. The Labute approximate surface area is 182 Å². The normalized spacial score (nSPS) is 15.4. The minimum absolute atomic E-state index is 0.0817. The molecule has 0 saturated carbocycles. The number of ether oxygens (including phenoxy) is 1. The number of aryl methyl sites for hydroxylation is 2. The summed E-state index contributed by atoms with van der Waals surface area (Å²) in [5, 5.41) is 7.66. The van der Waals surface area contributed by atoms with Gasteiger partial charge in [-0.3, -0.25) is 9.59 Å². The highest BCUT2D eigenvalue weighted by atomic mass is 16.5. The first kappa shape index (κ1) is 20.8. The Morgan fingerprint density at radius 2 is 1.90 bits per heavy atom. The summed E-state index contributed by atoms with van der Waals surface area (Å²) in [4.78, 5) is 26.0. The highest BCUT2D eigenvalue weighted by Crippen LogP contribution is 2.39. The van der Waals surface area contributed by atoms with E-state index in [0.717, 1.165) is 40.2 Å².